The monoisotopic (exact) mass is 409 g/mol. The lowest BCUT2D eigenvalue weighted by molar-refractivity contribution is 0.0950. The third-order valence-corrected chi connectivity index (χ3v) is 3.98. The van der Waals surface area contributed by atoms with E-state index in [9.17, 15) is 4.79 Å². The lowest BCUT2D eigenvalue weighted by Gasteiger charge is -2.11. The van der Waals surface area contributed by atoms with Gasteiger partial charge in [-0.3, -0.25) is 9.78 Å². The number of hydrazone groups is 1. The first-order valence-electron chi connectivity index (χ1n) is 7.92. The van der Waals surface area contributed by atoms with Crippen LogP contribution in [0, 0.1) is 0 Å². The van der Waals surface area contributed by atoms with E-state index in [-0.39, 0.29) is 5.91 Å². The molecule has 0 radical (unpaired) electrons. The number of carbonyl (C=O) groups is 1. The molecule has 26 heavy (non-hydrogen) atoms. The standard InChI is InChI=1S/C20H16BrN3O2/c21-17-8-9-18(19(11-17)26-14-15-5-2-1-3-6-15)20(25)24-23-13-16-7-4-10-22-12-16/h1-13H,14H2,(H,24,25)/b23-13-. The molecule has 1 aromatic heterocycles. The molecule has 0 saturated heterocycles. The predicted octanol–water partition coefficient (Wildman–Crippen LogP) is 4.19. The summed E-state index contributed by atoms with van der Waals surface area (Å²) in [5, 5.41) is 3.97. The van der Waals surface area contributed by atoms with Crippen LogP contribution in [0.2, 0.25) is 0 Å². The first kappa shape index (κ1) is 17.8. The Balaban J connectivity index is 1.70. The summed E-state index contributed by atoms with van der Waals surface area (Å²) < 4.78 is 6.67. The number of hydrogen-bond donors (Lipinski definition) is 1. The van der Waals surface area contributed by atoms with Crippen LogP contribution < -0.4 is 10.2 Å². The number of carbonyl (C=O) groups excluding carboxylic acids is 1. The van der Waals surface area contributed by atoms with Crippen LogP contribution in [0.3, 0.4) is 0 Å². The van der Waals surface area contributed by atoms with Gasteiger partial charge in [-0.15, -0.1) is 0 Å². The van der Waals surface area contributed by atoms with Crippen molar-refractivity contribution in [3.63, 3.8) is 0 Å². The van der Waals surface area contributed by atoms with Crippen molar-refractivity contribution in [2.45, 2.75) is 6.61 Å². The van der Waals surface area contributed by atoms with Crippen LogP contribution in [0.15, 0.2) is 82.6 Å². The zero-order valence-electron chi connectivity index (χ0n) is 13.8. The van der Waals surface area contributed by atoms with Crippen LogP contribution in [0.1, 0.15) is 21.5 Å². The summed E-state index contributed by atoms with van der Waals surface area (Å²) in [5.74, 6) is 0.137. The van der Waals surface area contributed by atoms with E-state index in [1.54, 1.807) is 36.7 Å². The Morgan fingerprint density at radius 1 is 1.15 bits per heavy atom. The molecule has 0 aliphatic heterocycles. The smallest absolute Gasteiger partial charge is 0.275 e. The molecule has 0 fully saturated rings. The molecule has 2 aromatic carbocycles. The largest absolute Gasteiger partial charge is 0.488 e. The summed E-state index contributed by atoms with van der Waals surface area (Å²) in [4.78, 5) is 16.4. The predicted molar refractivity (Wildman–Crippen MR) is 104 cm³/mol. The highest BCUT2D eigenvalue weighted by Crippen LogP contribution is 2.24. The van der Waals surface area contributed by atoms with Gasteiger partial charge in [0.25, 0.3) is 5.91 Å². The number of amides is 1. The van der Waals surface area contributed by atoms with Crippen molar-refractivity contribution in [1.82, 2.24) is 10.4 Å². The molecular weight excluding hydrogens is 394 g/mol. The van der Waals surface area contributed by atoms with Crippen molar-refractivity contribution in [2.75, 3.05) is 0 Å². The van der Waals surface area contributed by atoms with Gasteiger partial charge in [-0.05, 0) is 29.8 Å². The summed E-state index contributed by atoms with van der Waals surface area (Å²) in [7, 11) is 0. The lowest BCUT2D eigenvalue weighted by atomic mass is 10.2. The minimum atomic E-state index is -0.347. The van der Waals surface area contributed by atoms with E-state index < -0.39 is 0 Å². The van der Waals surface area contributed by atoms with Gasteiger partial charge < -0.3 is 4.74 Å². The quantitative estimate of drug-likeness (QED) is 0.490. The highest BCUT2D eigenvalue weighted by atomic mass is 79.9. The van der Waals surface area contributed by atoms with Crippen molar-refractivity contribution in [3.8, 4) is 5.75 Å². The normalized spacial score (nSPS) is 10.7. The number of ether oxygens (including phenoxy) is 1. The van der Waals surface area contributed by atoms with Gasteiger partial charge in [-0.25, -0.2) is 5.43 Å². The third kappa shape index (κ3) is 5.00. The molecule has 0 unspecified atom stereocenters. The molecule has 1 N–H and O–H groups in total. The fourth-order valence-corrected chi connectivity index (χ4v) is 2.56. The average molecular weight is 410 g/mol. The zero-order chi connectivity index (χ0) is 18.2. The van der Waals surface area contributed by atoms with Crippen LogP contribution in [-0.4, -0.2) is 17.1 Å². The van der Waals surface area contributed by atoms with Crippen molar-refractivity contribution in [2.24, 2.45) is 5.10 Å². The maximum Gasteiger partial charge on any atom is 0.275 e. The van der Waals surface area contributed by atoms with Crippen LogP contribution in [0.25, 0.3) is 0 Å². The van der Waals surface area contributed by atoms with Crippen LogP contribution in [-0.2, 0) is 6.61 Å². The zero-order valence-corrected chi connectivity index (χ0v) is 15.4. The molecule has 5 nitrogen and oxygen atoms in total. The van der Waals surface area contributed by atoms with Crippen molar-refractivity contribution in [3.05, 3.63) is 94.2 Å². The van der Waals surface area contributed by atoms with Gasteiger partial charge in [0.15, 0.2) is 0 Å². The molecule has 0 bridgehead atoms. The Morgan fingerprint density at radius 2 is 2.00 bits per heavy atom. The first-order valence-corrected chi connectivity index (χ1v) is 8.71. The van der Waals surface area contributed by atoms with E-state index in [2.05, 4.69) is 31.4 Å². The van der Waals surface area contributed by atoms with Crippen LogP contribution in [0.4, 0.5) is 0 Å². The first-order chi connectivity index (χ1) is 12.7. The van der Waals surface area contributed by atoms with Gasteiger partial charge in [0.1, 0.15) is 12.4 Å². The fourth-order valence-electron chi connectivity index (χ4n) is 2.22. The SMILES string of the molecule is O=C(N/N=C\c1cccnc1)c1ccc(Br)cc1OCc1ccccc1. The number of benzene rings is 2. The number of nitrogens with zero attached hydrogens (tertiary/aromatic N) is 2. The Kier molecular flexibility index (Phi) is 6.11. The number of aromatic nitrogens is 1. The second kappa shape index (κ2) is 8.92. The maximum absolute atomic E-state index is 12.4. The molecule has 6 heteroatoms. The molecule has 1 amide bonds. The molecule has 0 spiro atoms. The molecule has 3 aromatic rings. The Hall–Kier alpha value is -2.99. The minimum absolute atomic E-state index is 0.347. The van der Waals surface area contributed by atoms with Gasteiger partial charge >= 0.3 is 0 Å². The minimum Gasteiger partial charge on any atom is -0.488 e. The maximum atomic E-state index is 12.4. The lowest BCUT2D eigenvalue weighted by Crippen LogP contribution is -2.18. The Labute approximate surface area is 159 Å². The van der Waals surface area contributed by atoms with E-state index in [0.717, 1.165) is 15.6 Å². The summed E-state index contributed by atoms with van der Waals surface area (Å²) in [6.07, 6.45) is 4.87. The molecule has 130 valence electrons. The van der Waals surface area contributed by atoms with Crippen molar-refractivity contribution >= 4 is 28.1 Å². The Morgan fingerprint density at radius 3 is 2.77 bits per heavy atom. The molecular formula is C20H16BrN3O2. The third-order valence-electron chi connectivity index (χ3n) is 3.49. The topological polar surface area (TPSA) is 63.6 Å². The van der Waals surface area contributed by atoms with E-state index in [1.165, 1.54) is 6.21 Å². The molecule has 3 rings (SSSR count). The van der Waals surface area contributed by atoms with Crippen molar-refractivity contribution < 1.29 is 9.53 Å². The van der Waals surface area contributed by atoms with E-state index >= 15 is 0 Å². The van der Waals surface area contributed by atoms with Gasteiger partial charge in [0, 0.05) is 22.4 Å². The molecule has 0 aliphatic rings. The van der Waals surface area contributed by atoms with Gasteiger partial charge in [-0.2, -0.15) is 5.10 Å². The second-order valence-electron chi connectivity index (χ2n) is 5.40. The number of nitrogens with one attached hydrogen (secondary N) is 1. The van der Waals surface area contributed by atoms with Gasteiger partial charge in [0.05, 0.1) is 11.8 Å². The summed E-state index contributed by atoms with van der Waals surface area (Å²) >= 11 is 3.41. The van der Waals surface area contributed by atoms with Crippen LogP contribution in [0.5, 0.6) is 5.75 Å². The molecule has 0 saturated carbocycles. The van der Waals surface area contributed by atoms with Crippen molar-refractivity contribution in [1.29, 1.82) is 0 Å². The summed E-state index contributed by atoms with van der Waals surface area (Å²) in [6, 6.07) is 18.7. The fraction of sp³-hybridized carbons (Fsp3) is 0.0500. The number of halogens is 1. The molecule has 0 atom stereocenters. The van der Waals surface area contributed by atoms with E-state index in [0.29, 0.717) is 17.9 Å². The highest BCUT2D eigenvalue weighted by molar-refractivity contribution is 9.10. The summed E-state index contributed by atoms with van der Waals surface area (Å²) in [6.45, 7) is 0.372. The van der Waals surface area contributed by atoms with E-state index in [1.807, 2.05) is 36.4 Å². The number of hydrogen-bond acceptors (Lipinski definition) is 4. The number of pyridine rings is 1. The van der Waals surface area contributed by atoms with E-state index in [4.69, 9.17) is 4.74 Å². The van der Waals surface area contributed by atoms with Gasteiger partial charge in [-0.1, -0.05) is 52.3 Å². The molecule has 1 heterocycles. The van der Waals surface area contributed by atoms with Gasteiger partial charge in [0.2, 0.25) is 0 Å². The average Bonchev–Trinajstić information content (AvgIpc) is 2.68. The Bertz CT molecular complexity index is 899. The van der Waals surface area contributed by atoms with Crippen LogP contribution >= 0.6 is 15.9 Å². The highest BCUT2D eigenvalue weighted by Gasteiger charge is 2.13. The molecule has 0 aliphatic carbocycles. The second-order valence-corrected chi connectivity index (χ2v) is 6.32. The number of rotatable bonds is 6. The summed E-state index contributed by atoms with van der Waals surface area (Å²) in [5.41, 5.74) is 4.74.